The van der Waals surface area contributed by atoms with Crippen LogP contribution in [0.3, 0.4) is 0 Å². The number of hydrogen-bond donors (Lipinski definition) is 2. The number of ether oxygens (including phenoxy) is 1. The van der Waals surface area contributed by atoms with Crippen LogP contribution in [0.4, 0.5) is 5.69 Å². The normalized spacial score (nSPS) is 10.7. The Kier molecular flexibility index (Phi) is 11.5. The van der Waals surface area contributed by atoms with E-state index in [1.807, 2.05) is 31.2 Å². The first-order valence-electron chi connectivity index (χ1n) is 7.32. The van der Waals surface area contributed by atoms with Crippen LogP contribution < -0.4 is 11.1 Å². The number of nitrogens with two attached hydrogens (primary N) is 1. The van der Waals surface area contributed by atoms with Crippen LogP contribution in [-0.4, -0.2) is 25.6 Å². The van der Waals surface area contributed by atoms with E-state index in [1.165, 1.54) is 12.7 Å². The number of rotatable bonds is 8. The van der Waals surface area contributed by atoms with E-state index in [4.69, 9.17) is 5.73 Å². The minimum absolute atomic E-state index is 0. The average Bonchev–Trinajstić information content (AvgIpc) is 2.48. The summed E-state index contributed by atoms with van der Waals surface area (Å²) in [4.78, 5) is 15.2. The highest BCUT2D eigenvalue weighted by atomic mass is 127. The molecule has 0 aliphatic carbocycles. The van der Waals surface area contributed by atoms with Crippen molar-refractivity contribution in [1.29, 1.82) is 0 Å². The number of carbonyl (C=O) groups excluding carboxylic acids is 1. The number of benzene rings is 1. The summed E-state index contributed by atoms with van der Waals surface area (Å²) in [5, 5.41) is 3.06. The van der Waals surface area contributed by atoms with Gasteiger partial charge >= 0.3 is 5.97 Å². The lowest BCUT2D eigenvalue weighted by Gasteiger charge is -2.06. The number of unbranched alkanes of at least 4 members (excludes halogenated alkanes) is 3. The number of anilines is 1. The number of hydrogen-bond acceptors (Lipinski definition) is 3. The summed E-state index contributed by atoms with van der Waals surface area (Å²) in [6.07, 6.45) is 4.38. The van der Waals surface area contributed by atoms with E-state index in [0.717, 1.165) is 31.4 Å². The van der Waals surface area contributed by atoms with Crippen molar-refractivity contribution in [3.8, 4) is 0 Å². The number of halogens is 1. The lowest BCUT2D eigenvalue weighted by Crippen LogP contribution is -2.22. The van der Waals surface area contributed by atoms with Gasteiger partial charge in [0.2, 0.25) is 0 Å². The number of methoxy groups -OCH3 is 1. The van der Waals surface area contributed by atoms with Gasteiger partial charge in [-0.2, -0.15) is 0 Å². The van der Waals surface area contributed by atoms with E-state index in [9.17, 15) is 4.79 Å². The Morgan fingerprint density at radius 2 is 1.82 bits per heavy atom. The molecule has 0 amide bonds. The predicted octanol–water partition coefficient (Wildman–Crippen LogP) is 3.46. The van der Waals surface area contributed by atoms with Crippen molar-refractivity contribution in [3.05, 3.63) is 29.8 Å². The molecule has 0 fully saturated rings. The summed E-state index contributed by atoms with van der Waals surface area (Å²) in [5.74, 6) is 0.299. The van der Waals surface area contributed by atoms with Gasteiger partial charge in [0.05, 0.1) is 7.11 Å². The Bertz CT molecular complexity index is 461. The molecule has 124 valence electrons. The van der Waals surface area contributed by atoms with Gasteiger partial charge in [0.25, 0.3) is 0 Å². The second-order valence-corrected chi connectivity index (χ2v) is 5.00. The van der Waals surface area contributed by atoms with Crippen molar-refractivity contribution >= 4 is 41.6 Å². The number of aryl methyl sites for hydroxylation is 1. The van der Waals surface area contributed by atoms with Gasteiger partial charge in [0.15, 0.2) is 5.96 Å². The van der Waals surface area contributed by atoms with Gasteiger partial charge in [0.1, 0.15) is 0 Å². The van der Waals surface area contributed by atoms with Gasteiger partial charge in [-0.25, -0.2) is 0 Å². The third-order valence-corrected chi connectivity index (χ3v) is 3.12. The second-order valence-electron chi connectivity index (χ2n) is 5.00. The molecule has 0 spiro atoms. The zero-order valence-electron chi connectivity index (χ0n) is 13.3. The van der Waals surface area contributed by atoms with Gasteiger partial charge < -0.3 is 15.8 Å². The molecule has 22 heavy (non-hydrogen) atoms. The first-order chi connectivity index (χ1) is 10.1. The van der Waals surface area contributed by atoms with Crippen LogP contribution in [0, 0.1) is 6.92 Å². The molecule has 0 heterocycles. The highest BCUT2D eigenvalue weighted by molar-refractivity contribution is 14.0. The second kappa shape index (κ2) is 12.3. The van der Waals surface area contributed by atoms with E-state index in [-0.39, 0.29) is 29.9 Å². The zero-order chi connectivity index (χ0) is 15.5. The number of esters is 1. The molecule has 1 aromatic rings. The third kappa shape index (κ3) is 9.59. The summed E-state index contributed by atoms with van der Waals surface area (Å²) in [6.45, 7) is 2.74. The van der Waals surface area contributed by atoms with E-state index < -0.39 is 0 Å². The molecule has 6 heteroatoms. The molecule has 0 aliphatic rings. The molecule has 0 radical (unpaired) electrons. The van der Waals surface area contributed by atoms with Gasteiger partial charge in [-0.15, -0.1) is 24.0 Å². The van der Waals surface area contributed by atoms with Crippen LogP contribution >= 0.6 is 24.0 Å². The average molecular weight is 419 g/mol. The first-order valence-corrected chi connectivity index (χ1v) is 7.32. The predicted molar refractivity (Wildman–Crippen MR) is 102 cm³/mol. The molecule has 5 nitrogen and oxygen atoms in total. The number of carbonyl (C=O) groups is 1. The standard InChI is InChI=1S/C16H25N3O2.HI/c1-13-8-10-14(11-9-13)19-16(17)18-12-6-4-3-5-7-15(20)21-2;/h8-11H,3-7,12H2,1-2H3,(H3,17,18,19);1H. The maximum Gasteiger partial charge on any atom is 0.305 e. The number of nitrogens with zero attached hydrogens (tertiary/aromatic N) is 1. The minimum Gasteiger partial charge on any atom is -0.469 e. The Labute approximate surface area is 149 Å². The molecule has 3 N–H and O–H groups in total. The van der Waals surface area contributed by atoms with Crippen molar-refractivity contribution < 1.29 is 9.53 Å². The van der Waals surface area contributed by atoms with Crippen LogP contribution in [-0.2, 0) is 9.53 Å². The lowest BCUT2D eigenvalue weighted by molar-refractivity contribution is -0.140. The quantitative estimate of drug-likeness (QED) is 0.223. The van der Waals surface area contributed by atoms with Gasteiger partial charge in [0, 0.05) is 18.7 Å². The molecular weight excluding hydrogens is 393 g/mol. The molecule has 0 saturated carbocycles. The monoisotopic (exact) mass is 419 g/mol. The zero-order valence-corrected chi connectivity index (χ0v) is 15.6. The van der Waals surface area contributed by atoms with Crippen LogP contribution in [0.2, 0.25) is 0 Å². The highest BCUT2D eigenvalue weighted by Crippen LogP contribution is 2.08. The Balaban J connectivity index is 0.00000441. The van der Waals surface area contributed by atoms with Crippen molar-refractivity contribution in [2.75, 3.05) is 19.0 Å². The molecule has 0 atom stereocenters. The van der Waals surface area contributed by atoms with Crippen LogP contribution in [0.15, 0.2) is 29.3 Å². The third-order valence-electron chi connectivity index (χ3n) is 3.12. The largest absolute Gasteiger partial charge is 0.469 e. The minimum atomic E-state index is -0.139. The van der Waals surface area contributed by atoms with Gasteiger partial charge in [-0.05, 0) is 31.9 Å². The Hall–Kier alpha value is -1.31. The molecule has 1 aromatic carbocycles. The van der Waals surface area contributed by atoms with Crippen LogP contribution in [0.1, 0.15) is 37.7 Å². The first kappa shape index (κ1) is 20.7. The van der Waals surface area contributed by atoms with Crippen molar-refractivity contribution in [2.24, 2.45) is 10.7 Å². The number of nitrogens with one attached hydrogen (secondary N) is 1. The molecule has 0 aliphatic heterocycles. The smallest absolute Gasteiger partial charge is 0.305 e. The summed E-state index contributed by atoms with van der Waals surface area (Å²) in [6, 6.07) is 8.00. The molecule has 0 unspecified atom stereocenters. The highest BCUT2D eigenvalue weighted by Gasteiger charge is 1.99. The molecule has 0 saturated heterocycles. The molecule has 1 rings (SSSR count). The van der Waals surface area contributed by atoms with Gasteiger partial charge in [-0.1, -0.05) is 30.5 Å². The molecule has 0 aromatic heterocycles. The molecule has 0 bridgehead atoms. The van der Waals surface area contributed by atoms with E-state index in [1.54, 1.807) is 0 Å². The van der Waals surface area contributed by atoms with E-state index in [0.29, 0.717) is 18.9 Å². The van der Waals surface area contributed by atoms with Crippen molar-refractivity contribution in [3.63, 3.8) is 0 Å². The summed E-state index contributed by atoms with van der Waals surface area (Å²) >= 11 is 0. The fourth-order valence-electron chi connectivity index (χ4n) is 1.86. The van der Waals surface area contributed by atoms with E-state index >= 15 is 0 Å². The fourth-order valence-corrected chi connectivity index (χ4v) is 1.86. The molecular formula is C16H26IN3O2. The summed E-state index contributed by atoms with van der Waals surface area (Å²) < 4.78 is 4.59. The van der Waals surface area contributed by atoms with Gasteiger partial charge in [-0.3, -0.25) is 9.79 Å². The maximum absolute atomic E-state index is 10.9. The number of guanidine groups is 1. The maximum atomic E-state index is 10.9. The topological polar surface area (TPSA) is 76.7 Å². The van der Waals surface area contributed by atoms with Crippen molar-refractivity contribution in [1.82, 2.24) is 0 Å². The fraction of sp³-hybridized carbons (Fsp3) is 0.500. The van der Waals surface area contributed by atoms with Crippen LogP contribution in [0.25, 0.3) is 0 Å². The Morgan fingerprint density at radius 1 is 1.18 bits per heavy atom. The lowest BCUT2D eigenvalue weighted by atomic mass is 10.1. The van der Waals surface area contributed by atoms with Crippen LogP contribution in [0.5, 0.6) is 0 Å². The summed E-state index contributed by atoms with van der Waals surface area (Å²) in [7, 11) is 1.42. The van der Waals surface area contributed by atoms with E-state index in [2.05, 4.69) is 15.0 Å². The summed E-state index contributed by atoms with van der Waals surface area (Å²) in [5.41, 5.74) is 7.98. The number of aliphatic imine (C=N–C) groups is 1. The van der Waals surface area contributed by atoms with Crippen molar-refractivity contribution in [2.45, 2.75) is 39.0 Å². The Morgan fingerprint density at radius 3 is 2.45 bits per heavy atom. The SMILES string of the molecule is COC(=O)CCCCCCN=C(N)Nc1ccc(C)cc1.I.